The van der Waals surface area contributed by atoms with Crippen molar-refractivity contribution in [2.45, 2.75) is 20.4 Å². The van der Waals surface area contributed by atoms with Gasteiger partial charge < -0.3 is 0 Å². The van der Waals surface area contributed by atoms with Gasteiger partial charge in [-0.1, -0.05) is 28.9 Å². The minimum atomic E-state index is -2.89. The van der Waals surface area contributed by atoms with Crippen LogP contribution in [0.2, 0.25) is 0 Å². The van der Waals surface area contributed by atoms with Crippen LogP contribution in [0.15, 0.2) is 22.7 Å². The maximum atomic E-state index is 11.2. The average molecular weight is 334 g/mol. The van der Waals surface area contributed by atoms with Gasteiger partial charge in [0.25, 0.3) is 0 Å². The molecule has 1 rings (SSSR count). The van der Waals surface area contributed by atoms with Gasteiger partial charge >= 0.3 is 0 Å². The highest BCUT2D eigenvalue weighted by atomic mass is 79.9. The number of halogens is 1. The highest BCUT2D eigenvalue weighted by Crippen LogP contribution is 2.17. The van der Waals surface area contributed by atoms with E-state index in [0.29, 0.717) is 6.54 Å². The van der Waals surface area contributed by atoms with Crippen molar-refractivity contribution in [2.24, 2.45) is 0 Å². The van der Waals surface area contributed by atoms with E-state index in [0.717, 1.165) is 17.6 Å². The van der Waals surface area contributed by atoms with Crippen LogP contribution in [0.25, 0.3) is 0 Å². The molecule has 5 heteroatoms. The summed E-state index contributed by atoms with van der Waals surface area (Å²) in [6, 6.07) is 6.19. The summed E-state index contributed by atoms with van der Waals surface area (Å²) < 4.78 is 23.4. The van der Waals surface area contributed by atoms with Gasteiger partial charge in [0, 0.05) is 23.8 Å². The molecule has 3 nitrogen and oxygen atoms in total. The number of hydrogen-bond acceptors (Lipinski definition) is 3. The molecule has 0 aromatic heterocycles. The van der Waals surface area contributed by atoms with Crippen LogP contribution in [0.5, 0.6) is 0 Å². The standard InChI is InChI=1S/C13H20BrNO2S/c1-4-15(7-8-18(3,16)17)10-12-5-6-13(14)9-11(12)2/h5-6,9H,4,7-8,10H2,1-3H3. The third-order valence-corrected chi connectivity index (χ3v) is 4.34. The maximum absolute atomic E-state index is 11.2. The Morgan fingerprint density at radius 1 is 1.33 bits per heavy atom. The SMILES string of the molecule is CCN(CCS(C)(=O)=O)Cc1ccc(Br)cc1C. The van der Waals surface area contributed by atoms with Crippen molar-refractivity contribution < 1.29 is 8.42 Å². The zero-order chi connectivity index (χ0) is 13.8. The van der Waals surface area contributed by atoms with Crippen LogP contribution >= 0.6 is 15.9 Å². The molecule has 0 heterocycles. The van der Waals surface area contributed by atoms with E-state index >= 15 is 0 Å². The molecule has 0 aliphatic rings. The highest BCUT2D eigenvalue weighted by Gasteiger charge is 2.09. The van der Waals surface area contributed by atoms with Gasteiger partial charge in [-0.3, -0.25) is 4.90 Å². The van der Waals surface area contributed by atoms with Crippen molar-refractivity contribution in [3.8, 4) is 0 Å². The molecule has 0 atom stereocenters. The molecule has 18 heavy (non-hydrogen) atoms. The summed E-state index contributed by atoms with van der Waals surface area (Å²) in [5.74, 6) is 0.219. The normalized spacial score (nSPS) is 12.1. The van der Waals surface area contributed by atoms with Gasteiger partial charge in [-0.2, -0.15) is 0 Å². The minimum absolute atomic E-state index is 0.219. The van der Waals surface area contributed by atoms with Gasteiger partial charge in [-0.25, -0.2) is 8.42 Å². The third kappa shape index (κ3) is 5.50. The van der Waals surface area contributed by atoms with E-state index in [9.17, 15) is 8.42 Å². The zero-order valence-electron chi connectivity index (χ0n) is 11.1. The van der Waals surface area contributed by atoms with E-state index in [4.69, 9.17) is 0 Å². The van der Waals surface area contributed by atoms with Crippen molar-refractivity contribution in [1.82, 2.24) is 4.90 Å². The molecule has 0 N–H and O–H groups in total. The van der Waals surface area contributed by atoms with Gasteiger partial charge in [0.15, 0.2) is 0 Å². The molecule has 0 unspecified atom stereocenters. The first-order chi connectivity index (χ1) is 8.31. The number of hydrogen-bond donors (Lipinski definition) is 0. The van der Waals surface area contributed by atoms with Crippen LogP contribution in [0.1, 0.15) is 18.1 Å². The number of sulfone groups is 1. The second-order valence-electron chi connectivity index (χ2n) is 4.57. The van der Waals surface area contributed by atoms with Gasteiger partial charge in [-0.15, -0.1) is 0 Å². The molecule has 1 aromatic rings. The molecule has 102 valence electrons. The number of nitrogens with zero attached hydrogens (tertiary/aromatic N) is 1. The molecule has 0 aliphatic carbocycles. The summed E-state index contributed by atoms with van der Waals surface area (Å²) in [6.07, 6.45) is 1.28. The fraction of sp³-hybridized carbons (Fsp3) is 0.538. The van der Waals surface area contributed by atoms with Crippen molar-refractivity contribution in [1.29, 1.82) is 0 Å². The van der Waals surface area contributed by atoms with Crippen LogP contribution in [-0.4, -0.2) is 38.4 Å². The fourth-order valence-electron chi connectivity index (χ4n) is 1.72. The van der Waals surface area contributed by atoms with Crippen LogP contribution in [-0.2, 0) is 16.4 Å². The summed E-state index contributed by atoms with van der Waals surface area (Å²) >= 11 is 3.44. The predicted octanol–water partition coefficient (Wildman–Crippen LogP) is 2.62. The summed E-state index contributed by atoms with van der Waals surface area (Å²) in [5.41, 5.74) is 2.47. The Bertz CT molecular complexity index is 500. The lowest BCUT2D eigenvalue weighted by atomic mass is 10.1. The Morgan fingerprint density at radius 3 is 2.50 bits per heavy atom. The van der Waals surface area contributed by atoms with Crippen LogP contribution in [0.3, 0.4) is 0 Å². The highest BCUT2D eigenvalue weighted by molar-refractivity contribution is 9.10. The van der Waals surface area contributed by atoms with Crippen LogP contribution in [0.4, 0.5) is 0 Å². The Hall–Kier alpha value is -0.390. The van der Waals surface area contributed by atoms with Crippen LogP contribution in [0, 0.1) is 6.92 Å². The van der Waals surface area contributed by atoms with E-state index in [1.165, 1.54) is 17.4 Å². The second-order valence-corrected chi connectivity index (χ2v) is 7.74. The van der Waals surface area contributed by atoms with Crippen molar-refractivity contribution in [3.63, 3.8) is 0 Å². The summed E-state index contributed by atoms with van der Waals surface area (Å²) in [5, 5.41) is 0. The van der Waals surface area contributed by atoms with E-state index in [-0.39, 0.29) is 5.75 Å². The first-order valence-electron chi connectivity index (χ1n) is 5.97. The van der Waals surface area contributed by atoms with E-state index in [2.05, 4.69) is 46.8 Å². The molecule has 1 aromatic carbocycles. The topological polar surface area (TPSA) is 37.4 Å². The zero-order valence-corrected chi connectivity index (χ0v) is 13.5. The molecule has 0 radical (unpaired) electrons. The molecule has 0 amide bonds. The van der Waals surface area contributed by atoms with Crippen molar-refractivity contribution in [3.05, 3.63) is 33.8 Å². The lowest BCUT2D eigenvalue weighted by Crippen LogP contribution is -2.28. The third-order valence-electron chi connectivity index (χ3n) is 2.92. The molecule has 0 saturated carbocycles. The molecule has 0 spiro atoms. The number of rotatable bonds is 6. The van der Waals surface area contributed by atoms with Crippen molar-refractivity contribution in [2.75, 3.05) is 25.1 Å². The summed E-state index contributed by atoms with van der Waals surface area (Å²) in [6.45, 7) is 6.36. The lowest BCUT2D eigenvalue weighted by molar-refractivity contribution is 0.296. The molecular formula is C13H20BrNO2S. The molecular weight excluding hydrogens is 314 g/mol. The Morgan fingerprint density at radius 2 is 2.00 bits per heavy atom. The Kier molecular flexibility index (Phi) is 5.82. The van der Waals surface area contributed by atoms with Gasteiger partial charge in [0.05, 0.1) is 5.75 Å². The van der Waals surface area contributed by atoms with E-state index in [1.54, 1.807) is 0 Å². The maximum Gasteiger partial charge on any atom is 0.148 e. The largest absolute Gasteiger partial charge is 0.298 e. The predicted molar refractivity (Wildman–Crippen MR) is 79.5 cm³/mol. The van der Waals surface area contributed by atoms with E-state index < -0.39 is 9.84 Å². The summed E-state index contributed by atoms with van der Waals surface area (Å²) in [4.78, 5) is 2.15. The molecule has 0 saturated heterocycles. The molecule has 0 fully saturated rings. The average Bonchev–Trinajstić information content (AvgIpc) is 2.25. The van der Waals surface area contributed by atoms with Crippen LogP contribution < -0.4 is 0 Å². The number of benzene rings is 1. The molecule has 0 aliphatic heterocycles. The Balaban J connectivity index is 2.68. The minimum Gasteiger partial charge on any atom is -0.298 e. The summed E-state index contributed by atoms with van der Waals surface area (Å²) in [7, 11) is -2.89. The monoisotopic (exact) mass is 333 g/mol. The van der Waals surface area contributed by atoms with Gasteiger partial charge in [0.1, 0.15) is 9.84 Å². The lowest BCUT2D eigenvalue weighted by Gasteiger charge is -2.21. The second kappa shape index (κ2) is 6.68. The smallest absolute Gasteiger partial charge is 0.148 e. The molecule has 0 bridgehead atoms. The first kappa shape index (κ1) is 15.7. The fourth-order valence-corrected chi connectivity index (χ4v) is 2.79. The number of aryl methyl sites for hydroxylation is 1. The van der Waals surface area contributed by atoms with Crippen molar-refractivity contribution >= 4 is 25.8 Å². The Labute approximate surface area is 118 Å². The van der Waals surface area contributed by atoms with Gasteiger partial charge in [-0.05, 0) is 36.7 Å². The van der Waals surface area contributed by atoms with E-state index in [1.807, 2.05) is 6.07 Å². The van der Waals surface area contributed by atoms with Gasteiger partial charge in [0.2, 0.25) is 0 Å². The first-order valence-corrected chi connectivity index (χ1v) is 8.82. The quantitative estimate of drug-likeness (QED) is 0.803.